The minimum Gasteiger partial charge on any atom is -0.497 e. The van der Waals surface area contributed by atoms with Crippen molar-refractivity contribution >= 4 is 18.4 Å². The lowest BCUT2D eigenvalue weighted by atomic mass is 9.94. The highest BCUT2D eigenvalue weighted by atomic mass is 35.5. The van der Waals surface area contributed by atoms with E-state index in [0.717, 1.165) is 36.3 Å². The third-order valence-corrected chi connectivity index (χ3v) is 4.18. The molecule has 0 saturated carbocycles. The van der Waals surface area contributed by atoms with E-state index in [2.05, 4.69) is 22.8 Å². The first-order valence-corrected chi connectivity index (χ1v) is 8.05. The van der Waals surface area contributed by atoms with Gasteiger partial charge in [-0.15, -0.1) is 12.4 Å². The van der Waals surface area contributed by atoms with E-state index in [9.17, 15) is 4.79 Å². The molecule has 134 valence electrons. The zero-order chi connectivity index (χ0) is 16.7. The Morgan fingerprint density at radius 2 is 2.08 bits per heavy atom. The van der Waals surface area contributed by atoms with Gasteiger partial charge < -0.3 is 20.1 Å². The minimum absolute atomic E-state index is 0. The van der Waals surface area contributed by atoms with Crippen molar-refractivity contribution in [2.45, 2.75) is 32.2 Å². The van der Waals surface area contributed by atoms with E-state index in [0.29, 0.717) is 12.5 Å². The fourth-order valence-electron chi connectivity index (χ4n) is 2.78. The van der Waals surface area contributed by atoms with E-state index in [4.69, 9.17) is 9.47 Å². The van der Waals surface area contributed by atoms with Crippen molar-refractivity contribution in [2.24, 2.45) is 5.92 Å². The molecule has 0 bridgehead atoms. The van der Waals surface area contributed by atoms with Gasteiger partial charge in [-0.25, -0.2) is 4.79 Å². The SMILES string of the molecule is COc1ccc(OC)c(C(C)NC(=O)NCC2CC=CCC2)c1.Cl. The summed E-state index contributed by atoms with van der Waals surface area (Å²) in [6.45, 7) is 2.64. The number of hydrogen-bond donors (Lipinski definition) is 2. The van der Waals surface area contributed by atoms with Gasteiger partial charge in [0.05, 0.1) is 20.3 Å². The molecule has 24 heavy (non-hydrogen) atoms. The van der Waals surface area contributed by atoms with Crippen molar-refractivity contribution < 1.29 is 14.3 Å². The Kier molecular flexibility index (Phi) is 8.47. The third kappa shape index (κ3) is 5.64. The van der Waals surface area contributed by atoms with Gasteiger partial charge in [0.2, 0.25) is 0 Å². The van der Waals surface area contributed by atoms with Crippen LogP contribution >= 0.6 is 12.4 Å². The van der Waals surface area contributed by atoms with Gasteiger partial charge >= 0.3 is 6.03 Å². The molecule has 2 atom stereocenters. The number of halogens is 1. The molecule has 1 aromatic carbocycles. The maximum absolute atomic E-state index is 12.1. The van der Waals surface area contributed by atoms with Gasteiger partial charge in [-0.1, -0.05) is 12.2 Å². The van der Waals surface area contributed by atoms with Crippen LogP contribution in [0.4, 0.5) is 4.79 Å². The molecule has 1 aromatic rings. The molecule has 2 amide bonds. The third-order valence-electron chi connectivity index (χ3n) is 4.18. The van der Waals surface area contributed by atoms with E-state index in [1.807, 2.05) is 25.1 Å². The second-order valence-corrected chi connectivity index (χ2v) is 5.83. The largest absolute Gasteiger partial charge is 0.497 e. The average Bonchev–Trinajstić information content (AvgIpc) is 2.60. The highest BCUT2D eigenvalue weighted by Crippen LogP contribution is 2.29. The molecule has 2 N–H and O–H groups in total. The van der Waals surface area contributed by atoms with Gasteiger partial charge in [-0.2, -0.15) is 0 Å². The van der Waals surface area contributed by atoms with Gasteiger partial charge in [-0.3, -0.25) is 0 Å². The van der Waals surface area contributed by atoms with Gasteiger partial charge in [-0.05, 0) is 50.3 Å². The quantitative estimate of drug-likeness (QED) is 0.763. The fourth-order valence-corrected chi connectivity index (χ4v) is 2.78. The summed E-state index contributed by atoms with van der Waals surface area (Å²) >= 11 is 0. The van der Waals surface area contributed by atoms with Crippen molar-refractivity contribution in [1.29, 1.82) is 0 Å². The van der Waals surface area contributed by atoms with Crippen LogP contribution < -0.4 is 20.1 Å². The number of rotatable bonds is 6. The van der Waals surface area contributed by atoms with Crippen molar-refractivity contribution in [3.63, 3.8) is 0 Å². The summed E-state index contributed by atoms with van der Waals surface area (Å²) in [5, 5.41) is 5.92. The van der Waals surface area contributed by atoms with E-state index >= 15 is 0 Å². The lowest BCUT2D eigenvalue weighted by Crippen LogP contribution is -2.39. The smallest absolute Gasteiger partial charge is 0.315 e. The Morgan fingerprint density at radius 1 is 1.29 bits per heavy atom. The second kappa shape index (κ2) is 10.1. The van der Waals surface area contributed by atoms with Crippen molar-refractivity contribution in [1.82, 2.24) is 10.6 Å². The number of amides is 2. The summed E-state index contributed by atoms with van der Waals surface area (Å²) in [6.07, 6.45) is 7.67. The van der Waals surface area contributed by atoms with Crippen LogP contribution in [0.1, 0.15) is 37.8 Å². The first-order chi connectivity index (χ1) is 11.1. The number of urea groups is 1. The highest BCUT2D eigenvalue weighted by Gasteiger charge is 2.16. The maximum Gasteiger partial charge on any atom is 0.315 e. The molecule has 0 aliphatic heterocycles. The molecule has 0 spiro atoms. The molecule has 0 aromatic heterocycles. The predicted molar refractivity (Wildman–Crippen MR) is 98.2 cm³/mol. The number of methoxy groups -OCH3 is 2. The molecule has 2 rings (SSSR count). The zero-order valence-corrected chi connectivity index (χ0v) is 15.3. The van der Waals surface area contributed by atoms with Gasteiger partial charge in [0.15, 0.2) is 0 Å². The summed E-state index contributed by atoms with van der Waals surface area (Å²) < 4.78 is 10.6. The number of carbonyl (C=O) groups excluding carboxylic acids is 1. The molecule has 5 nitrogen and oxygen atoms in total. The summed E-state index contributed by atoms with van der Waals surface area (Å²) in [4.78, 5) is 12.1. The van der Waals surface area contributed by atoms with Gasteiger partial charge in [0.25, 0.3) is 0 Å². The van der Waals surface area contributed by atoms with E-state index in [1.165, 1.54) is 0 Å². The first kappa shape index (κ1) is 20.2. The van der Waals surface area contributed by atoms with Crippen LogP contribution in [0.15, 0.2) is 30.4 Å². The van der Waals surface area contributed by atoms with Gasteiger partial charge in [0.1, 0.15) is 11.5 Å². The normalized spacial score (nSPS) is 17.4. The highest BCUT2D eigenvalue weighted by molar-refractivity contribution is 5.85. The number of hydrogen-bond acceptors (Lipinski definition) is 3. The molecular weight excluding hydrogens is 328 g/mol. The molecule has 6 heteroatoms. The van der Waals surface area contributed by atoms with Crippen LogP contribution in [0.25, 0.3) is 0 Å². The monoisotopic (exact) mass is 354 g/mol. The second-order valence-electron chi connectivity index (χ2n) is 5.83. The molecule has 1 aliphatic rings. The first-order valence-electron chi connectivity index (χ1n) is 8.05. The number of benzene rings is 1. The summed E-state index contributed by atoms with van der Waals surface area (Å²) in [5.41, 5.74) is 0.891. The number of ether oxygens (including phenoxy) is 2. The van der Waals surface area contributed by atoms with Crippen molar-refractivity contribution in [3.8, 4) is 11.5 Å². The van der Waals surface area contributed by atoms with Crippen molar-refractivity contribution in [3.05, 3.63) is 35.9 Å². The molecule has 0 heterocycles. The van der Waals surface area contributed by atoms with Crippen LogP contribution in [-0.4, -0.2) is 26.8 Å². The van der Waals surface area contributed by atoms with Gasteiger partial charge in [0, 0.05) is 12.1 Å². The standard InChI is InChI=1S/C18H26N2O3.ClH/c1-13(16-11-15(22-2)9-10-17(16)23-3)20-18(21)19-12-14-7-5-4-6-8-14;/h4-5,9-11,13-14H,6-8,12H2,1-3H3,(H2,19,20,21);1H. The van der Waals surface area contributed by atoms with Crippen LogP contribution in [-0.2, 0) is 0 Å². The topological polar surface area (TPSA) is 59.6 Å². The fraction of sp³-hybridized carbons (Fsp3) is 0.500. The summed E-state index contributed by atoms with van der Waals surface area (Å²) in [5.74, 6) is 2.01. The molecule has 0 radical (unpaired) electrons. The van der Waals surface area contributed by atoms with Crippen LogP contribution in [0.2, 0.25) is 0 Å². The maximum atomic E-state index is 12.1. The lowest BCUT2D eigenvalue weighted by molar-refractivity contribution is 0.235. The molecule has 1 aliphatic carbocycles. The number of allylic oxidation sites excluding steroid dienone is 2. The van der Waals surface area contributed by atoms with E-state index in [-0.39, 0.29) is 24.5 Å². The number of carbonyl (C=O) groups is 1. The Labute approximate surface area is 150 Å². The Morgan fingerprint density at radius 3 is 2.71 bits per heavy atom. The summed E-state index contributed by atoms with van der Waals surface area (Å²) in [7, 11) is 3.24. The molecule has 2 unspecified atom stereocenters. The Bertz CT molecular complexity index is 563. The zero-order valence-electron chi connectivity index (χ0n) is 14.5. The van der Waals surface area contributed by atoms with Crippen molar-refractivity contribution in [2.75, 3.05) is 20.8 Å². The Balaban J connectivity index is 0.00000288. The lowest BCUT2D eigenvalue weighted by Gasteiger charge is -2.21. The minimum atomic E-state index is -0.175. The van der Waals surface area contributed by atoms with E-state index in [1.54, 1.807) is 14.2 Å². The average molecular weight is 355 g/mol. The van der Waals surface area contributed by atoms with Crippen LogP contribution in [0, 0.1) is 5.92 Å². The number of nitrogens with one attached hydrogen (secondary N) is 2. The van der Waals surface area contributed by atoms with E-state index < -0.39 is 0 Å². The van der Waals surface area contributed by atoms with Crippen LogP contribution in [0.3, 0.4) is 0 Å². The summed E-state index contributed by atoms with van der Waals surface area (Å²) in [6, 6.07) is 5.24. The molecule has 0 saturated heterocycles. The Hall–Kier alpha value is -1.88. The molecular formula is C18H27ClN2O3. The predicted octanol–water partition coefficient (Wildman–Crippen LogP) is 3.84. The molecule has 0 fully saturated rings. The van der Waals surface area contributed by atoms with Crippen LogP contribution in [0.5, 0.6) is 11.5 Å².